The highest BCUT2D eigenvalue weighted by molar-refractivity contribution is 5.69. The predicted molar refractivity (Wildman–Crippen MR) is 127 cm³/mol. The molecule has 1 aromatic carbocycles. The molecule has 2 heterocycles. The molecule has 0 fully saturated rings. The summed E-state index contributed by atoms with van der Waals surface area (Å²) in [5.41, 5.74) is 0.810. The Morgan fingerprint density at radius 1 is 1.29 bits per heavy atom. The third kappa shape index (κ3) is 5.46. The van der Waals surface area contributed by atoms with Crippen LogP contribution >= 0.6 is 0 Å². The Bertz CT molecular complexity index is 1420. The molecule has 2 aromatic heterocycles. The topological polar surface area (TPSA) is 107 Å². The molecule has 0 radical (unpaired) electrons. The average Bonchev–Trinajstić information content (AvgIpc) is 3.24. The minimum absolute atomic E-state index is 0.270. The van der Waals surface area contributed by atoms with Crippen molar-refractivity contribution in [2.45, 2.75) is 44.6 Å². The van der Waals surface area contributed by atoms with E-state index >= 15 is 0 Å². The van der Waals surface area contributed by atoms with Gasteiger partial charge in [-0.05, 0) is 56.2 Å². The first-order valence-electron chi connectivity index (χ1n) is 11.4. The first kappa shape index (κ1) is 24.3. The summed E-state index contributed by atoms with van der Waals surface area (Å²) in [4.78, 5) is 29.9. The second kappa shape index (κ2) is 10.6. The van der Waals surface area contributed by atoms with E-state index in [1.54, 1.807) is 25.1 Å². The van der Waals surface area contributed by atoms with Crippen LogP contribution in [0.5, 0.6) is 0 Å². The van der Waals surface area contributed by atoms with E-state index in [0.717, 1.165) is 0 Å². The van der Waals surface area contributed by atoms with Crippen molar-refractivity contribution >= 4 is 18.1 Å². The molecule has 2 atom stereocenters. The number of hydrogen-bond donors (Lipinski definition) is 1. The molecule has 1 N–H and O–H groups in total. The van der Waals surface area contributed by atoms with E-state index in [0.29, 0.717) is 52.8 Å². The molecule has 0 bridgehead atoms. The zero-order valence-corrected chi connectivity index (χ0v) is 19.5. The lowest BCUT2D eigenvalue weighted by Crippen LogP contribution is -2.48. The largest absolute Gasteiger partial charge is 0.469 e. The Balaban J connectivity index is 1.78. The van der Waals surface area contributed by atoms with Crippen LogP contribution < -0.4 is 16.1 Å². The lowest BCUT2D eigenvalue weighted by atomic mass is 10.0. The number of nitrogens with zero attached hydrogens (tertiary/aromatic N) is 3. The van der Waals surface area contributed by atoms with Crippen molar-refractivity contribution in [2.24, 2.45) is 0 Å². The van der Waals surface area contributed by atoms with Gasteiger partial charge in [-0.3, -0.25) is 14.2 Å². The Kier molecular flexibility index (Phi) is 7.36. The number of ether oxygens (including phenoxy) is 1. The van der Waals surface area contributed by atoms with Crippen LogP contribution in [0.1, 0.15) is 55.5 Å². The maximum atomic E-state index is 13.6. The smallest absolute Gasteiger partial charge is 0.305 e. The summed E-state index contributed by atoms with van der Waals surface area (Å²) >= 11 is 0. The van der Waals surface area contributed by atoms with Crippen molar-refractivity contribution < 1.29 is 23.6 Å². The van der Waals surface area contributed by atoms with Crippen LogP contribution in [-0.2, 0) is 16.0 Å². The van der Waals surface area contributed by atoms with Crippen LogP contribution in [0.2, 0.25) is 0 Å². The minimum atomic E-state index is -0.789. The molecule has 8 nitrogen and oxygen atoms in total. The number of unbranched alkanes of at least 4 members (excludes halogenated alkanes) is 1. The van der Waals surface area contributed by atoms with Gasteiger partial charge in [-0.25, -0.2) is 9.37 Å². The average molecular weight is 480 g/mol. The molecular weight excluding hydrogens is 453 g/mol. The number of rotatable bonds is 8. The summed E-state index contributed by atoms with van der Waals surface area (Å²) in [5, 5.41) is 14.7. The molecule has 0 saturated carbocycles. The molecule has 4 rings (SSSR count). The number of carbonyl (C=O) groups excluding carboxylic acids is 1. The zero-order valence-electron chi connectivity index (χ0n) is 19.5. The van der Waals surface area contributed by atoms with Crippen LogP contribution in [-0.4, -0.2) is 32.9 Å². The Labute approximate surface area is 200 Å². The number of methoxy groups -OCH3 is 1. The van der Waals surface area contributed by atoms with Crippen molar-refractivity contribution in [2.75, 3.05) is 7.11 Å². The summed E-state index contributed by atoms with van der Waals surface area (Å²) in [6, 6.07) is 7.34. The van der Waals surface area contributed by atoms with Gasteiger partial charge in [-0.15, -0.1) is 0 Å². The summed E-state index contributed by atoms with van der Waals surface area (Å²) in [5.74, 6) is -0.165. The fourth-order valence-corrected chi connectivity index (χ4v) is 3.90. The molecule has 3 aromatic rings. The first-order chi connectivity index (χ1) is 16.9. The molecular formula is C26H26FN3O5. The van der Waals surface area contributed by atoms with Gasteiger partial charge in [0.25, 0.3) is 5.56 Å². The monoisotopic (exact) mass is 479 g/mol. The maximum absolute atomic E-state index is 13.6. The lowest BCUT2D eigenvalue weighted by Gasteiger charge is -2.13. The number of fused-ring (bicyclic) bond motifs is 1. The zero-order chi connectivity index (χ0) is 24.9. The lowest BCUT2D eigenvalue weighted by molar-refractivity contribution is -0.140. The van der Waals surface area contributed by atoms with Crippen molar-refractivity contribution in [1.29, 1.82) is 0 Å². The van der Waals surface area contributed by atoms with Crippen LogP contribution in [0, 0.1) is 5.82 Å². The molecule has 0 spiro atoms. The Hall–Kier alpha value is -3.85. The van der Waals surface area contributed by atoms with Crippen LogP contribution in [0.4, 0.5) is 4.39 Å². The van der Waals surface area contributed by atoms with E-state index in [1.807, 2.05) is 12.2 Å². The number of allylic oxidation sites excluding steroid dienone is 2. The Morgan fingerprint density at radius 3 is 2.74 bits per heavy atom. The van der Waals surface area contributed by atoms with Crippen molar-refractivity contribution in [1.82, 2.24) is 14.7 Å². The number of esters is 1. The molecule has 1 unspecified atom stereocenters. The number of aliphatic hydroxyl groups is 1. The molecule has 35 heavy (non-hydrogen) atoms. The fraction of sp³-hybridized carbons (Fsp3) is 0.308. The standard InChI is InChI=1S/C26H26FN3O5/c1-16(31)23-15-21(29-35-23)17-6-5-7-20-22(14-17)28-24(8-3-4-9-25(32)34-2)30(26(20)33)19-12-10-18(27)11-13-19/h5-7,10-17,31H,3-4,8-9H2,1-2H3/t16-,17?/m1/s1. The van der Waals surface area contributed by atoms with E-state index in [9.17, 15) is 19.1 Å². The van der Waals surface area contributed by atoms with E-state index < -0.39 is 11.9 Å². The first-order valence-corrected chi connectivity index (χ1v) is 11.4. The number of aromatic nitrogens is 3. The van der Waals surface area contributed by atoms with Gasteiger partial charge in [0, 0.05) is 24.8 Å². The molecule has 182 valence electrons. The number of benzene rings is 1. The molecule has 1 aliphatic rings. The maximum Gasteiger partial charge on any atom is 0.305 e. The van der Waals surface area contributed by atoms with Crippen LogP contribution in [0.15, 0.2) is 51.8 Å². The molecule has 0 aliphatic heterocycles. The summed E-state index contributed by atoms with van der Waals surface area (Å²) in [6.45, 7) is 1.59. The van der Waals surface area contributed by atoms with Crippen LogP contribution in [0.25, 0.3) is 17.8 Å². The number of hydrogen-bond acceptors (Lipinski definition) is 7. The molecule has 9 heteroatoms. The van der Waals surface area contributed by atoms with E-state index in [-0.39, 0.29) is 23.9 Å². The molecule has 0 saturated heterocycles. The van der Waals surface area contributed by atoms with Crippen molar-refractivity contribution in [3.05, 3.63) is 86.5 Å². The number of aryl methyl sites for hydroxylation is 1. The molecule has 1 aliphatic carbocycles. The van der Waals surface area contributed by atoms with Crippen molar-refractivity contribution in [3.63, 3.8) is 0 Å². The fourth-order valence-electron chi connectivity index (χ4n) is 3.90. The SMILES string of the molecule is COC(=O)CCCCc1nc2c(c(=O)n1-c1ccc(F)cc1)=CC=CC(c1cc([C@@H](C)O)on1)C=2. The number of carbonyl (C=O) groups is 1. The highest BCUT2D eigenvalue weighted by Crippen LogP contribution is 2.22. The summed E-state index contributed by atoms with van der Waals surface area (Å²) < 4.78 is 24.9. The normalized spacial score (nSPS) is 15.5. The quantitative estimate of drug-likeness (QED) is 0.390. The van der Waals surface area contributed by atoms with Gasteiger partial charge in [0.05, 0.1) is 29.1 Å². The van der Waals surface area contributed by atoms with E-state index in [1.165, 1.54) is 35.9 Å². The predicted octanol–water partition coefficient (Wildman–Crippen LogP) is 2.21. The van der Waals surface area contributed by atoms with Gasteiger partial charge in [0.1, 0.15) is 17.7 Å². The molecule has 0 amide bonds. The van der Waals surface area contributed by atoms with Gasteiger partial charge >= 0.3 is 5.97 Å². The van der Waals surface area contributed by atoms with Crippen LogP contribution in [0.3, 0.4) is 0 Å². The summed E-state index contributed by atoms with van der Waals surface area (Å²) in [6.07, 6.45) is 8.23. The second-order valence-electron chi connectivity index (χ2n) is 8.30. The summed E-state index contributed by atoms with van der Waals surface area (Å²) in [7, 11) is 1.35. The van der Waals surface area contributed by atoms with Crippen molar-refractivity contribution in [3.8, 4) is 5.69 Å². The van der Waals surface area contributed by atoms with Gasteiger partial charge in [-0.1, -0.05) is 17.3 Å². The number of halogens is 1. The van der Waals surface area contributed by atoms with E-state index in [4.69, 9.17) is 14.2 Å². The highest BCUT2D eigenvalue weighted by atomic mass is 19.1. The minimum Gasteiger partial charge on any atom is -0.469 e. The highest BCUT2D eigenvalue weighted by Gasteiger charge is 2.18. The van der Waals surface area contributed by atoms with Gasteiger partial charge in [0.2, 0.25) is 0 Å². The van der Waals surface area contributed by atoms with Gasteiger partial charge in [0.15, 0.2) is 5.76 Å². The van der Waals surface area contributed by atoms with E-state index in [2.05, 4.69) is 5.16 Å². The van der Waals surface area contributed by atoms with Gasteiger partial charge in [-0.2, -0.15) is 0 Å². The second-order valence-corrected chi connectivity index (χ2v) is 8.30. The number of aliphatic hydroxyl groups excluding tert-OH is 1. The van der Waals surface area contributed by atoms with Gasteiger partial charge < -0.3 is 14.4 Å². The Morgan fingerprint density at radius 2 is 2.06 bits per heavy atom. The third-order valence-electron chi connectivity index (χ3n) is 5.78. The third-order valence-corrected chi connectivity index (χ3v) is 5.78.